The van der Waals surface area contributed by atoms with E-state index in [9.17, 15) is 5.11 Å². The first-order chi connectivity index (χ1) is 6.27. The van der Waals surface area contributed by atoms with Gasteiger partial charge in [-0.15, -0.1) is 0 Å². The maximum Gasteiger partial charge on any atom is 0.156 e. The van der Waals surface area contributed by atoms with Crippen LogP contribution >= 0.6 is 0 Å². The molecule has 74 valence electrons. The third-order valence-corrected chi connectivity index (χ3v) is 2.60. The van der Waals surface area contributed by atoms with E-state index in [1.807, 2.05) is 0 Å². The summed E-state index contributed by atoms with van der Waals surface area (Å²) in [7, 11) is 1.50. The van der Waals surface area contributed by atoms with Crippen LogP contribution in [0.4, 0.5) is 0 Å². The number of aliphatic hydroxyl groups excluding tert-OH is 1. The van der Waals surface area contributed by atoms with Crippen LogP contribution in [-0.2, 0) is 4.74 Å². The van der Waals surface area contributed by atoms with Gasteiger partial charge in [-0.25, -0.2) is 0 Å². The van der Waals surface area contributed by atoms with Crippen LogP contribution in [0.2, 0.25) is 0 Å². The Morgan fingerprint density at radius 2 is 2.08 bits per heavy atom. The minimum Gasteiger partial charge on any atom is -0.368 e. The third kappa shape index (κ3) is 2.88. The number of ether oxygens (including phenoxy) is 1. The molecule has 1 atom stereocenters. The SMILES string of the molecule is COC(O)C1CCC(N=[N+]=[N-])CC1. The van der Waals surface area contributed by atoms with Gasteiger partial charge < -0.3 is 9.84 Å². The molecule has 0 radical (unpaired) electrons. The van der Waals surface area contributed by atoms with E-state index in [1.54, 1.807) is 0 Å². The molecule has 1 unspecified atom stereocenters. The summed E-state index contributed by atoms with van der Waals surface area (Å²) in [5, 5.41) is 13.0. The van der Waals surface area contributed by atoms with Crippen molar-refractivity contribution < 1.29 is 9.84 Å². The van der Waals surface area contributed by atoms with Crippen LogP contribution in [-0.4, -0.2) is 24.5 Å². The molecule has 1 N–H and O–H groups in total. The summed E-state index contributed by atoms with van der Waals surface area (Å²) in [5.41, 5.74) is 8.22. The zero-order valence-electron chi connectivity index (χ0n) is 7.76. The number of nitrogens with zero attached hydrogens (tertiary/aromatic N) is 3. The fourth-order valence-electron chi connectivity index (χ4n) is 1.77. The van der Waals surface area contributed by atoms with Crippen molar-refractivity contribution in [3.05, 3.63) is 10.4 Å². The van der Waals surface area contributed by atoms with Crippen LogP contribution in [0.3, 0.4) is 0 Å². The topological polar surface area (TPSA) is 78.2 Å². The quantitative estimate of drug-likeness (QED) is 0.315. The molecule has 1 aliphatic carbocycles. The van der Waals surface area contributed by atoms with Crippen LogP contribution in [0.15, 0.2) is 5.11 Å². The van der Waals surface area contributed by atoms with E-state index in [2.05, 4.69) is 10.0 Å². The number of methoxy groups -OCH3 is 1. The molecule has 1 saturated carbocycles. The summed E-state index contributed by atoms with van der Waals surface area (Å²) in [6.45, 7) is 0. The van der Waals surface area contributed by atoms with Crippen LogP contribution in [0.1, 0.15) is 25.7 Å². The second-order valence-electron chi connectivity index (χ2n) is 3.40. The molecular formula is C8H15N3O2. The van der Waals surface area contributed by atoms with Gasteiger partial charge in [0.25, 0.3) is 0 Å². The second kappa shape index (κ2) is 5.07. The lowest BCUT2D eigenvalue weighted by Crippen LogP contribution is -2.28. The Bertz CT molecular complexity index is 196. The molecule has 5 nitrogen and oxygen atoms in total. The molecule has 0 spiro atoms. The third-order valence-electron chi connectivity index (χ3n) is 2.60. The van der Waals surface area contributed by atoms with E-state index in [4.69, 9.17) is 10.3 Å². The number of hydrogen-bond donors (Lipinski definition) is 1. The van der Waals surface area contributed by atoms with Gasteiger partial charge >= 0.3 is 0 Å². The van der Waals surface area contributed by atoms with E-state index >= 15 is 0 Å². The first kappa shape index (κ1) is 10.3. The summed E-state index contributed by atoms with van der Waals surface area (Å²) in [6.07, 6.45) is 2.80. The first-order valence-corrected chi connectivity index (χ1v) is 4.53. The molecule has 0 aromatic heterocycles. The van der Waals surface area contributed by atoms with Crippen LogP contribution in [0.5, 0.6) is 0 Å². The Labute approximate surface area is 77.3 Å². The highest BCUT2D eigenvalue weighted by Gasteiger charge is 2.25. The highest BCUT2D eigenvalue weighted by molar-refractivity contribution is 4.78. The Morgan fingerprint density at radius 3 is 2.54 bits per heavy atom. The van der Waals surface area contributed by atoms with Crippen LogP contribution in [0.25, 0.3) is 10.4 Å². The van der Waals surface area contributed by atoms with Gasteiger partial charge in [0, 0.05) is 24.0 Å². The van der Waals surface area contributed by atoms with Crippen LogP contribution < -0.4 is 0 Å². The van der Waals surface area contributed by atoms with Gasteiger partial charge in [0.15, 0.2) is 6.29 Å². The molecule has 13 heavy (non-hydrogen) atoms. The predicted molar refractivity (Wildman–Crippen MR) is 47.9 cm³/mol. The first-order valence-electron chi connectivity index (χ1n) is 4.53. The highest BCUT2D eigenvalue weighted by atomic mass is 16.6. The van der Waals surface area contributed by atoms with Crippen molar-refractivity contribution in [1.29, 1.82) is 0 Å². The van der Waals surface area contributed by atoms with Crippen molar-refractivity contribution in [2.45, 2.75) is 38.0 Å². The van der Waals surface area contributed by atoms with E-state index in [-0.39, 0.29) is 12.0 Å². The van der Waals surface area contributed by atoms with Crippen molar-refractivity contribution in [1.82, 2.24) is 0 Å². The lowest BCUT2D eigenvalue weighted by Gasteiger charge is -2.28. The van der Waals surface area contributed by atoms with Crippen molar-refractivity contribution in [3.63, 3.8) is 0 Å². The zero-order chi connectivity index (χ0) is 9.68. The van der Waals surface area contributed by atoms with Gasteiger partial charge in [-0.05, 0) is 31.2 Å². The Kier molecular flexibility index (Phi) is 4.02. The van der Waals surface area contributed by atoms with E-state index in [0.29, 0.717) is 0 Å². The number of hydrogen-bond acceptors (Lipinski definition) is 3. The van der Waals surface area contributed by atoms with Gasteiger partial charge in [-0.3, -0.25) is 0 Å². The molecular weight excluding hydrogens is 170 g/mol. The van der Waals surface area contributed by atoms with E-state index < -0.39 is 6.29 Å². The van der Waals surface area contributed by atoms with E-state index in [0.717, 1.165) is 25.7 Å². The molecule has 1 fully saturated rings. The smallest absolute Gasteiger partial charge is 0.156 e. The number of aliphatic hydroxyl groups is 1. The van der Waals surface area contributed by atoms with Crippen molar-refractivity contribution >= 4 is 0 Å². The van der Waals surface area contributed by atoms with Crippen molar-refractivity contribution in [2.75, 3.05) is 7.11 Å². The standard InChI is InChI=1S/C8H15N3O2/c1-13-8(12)6-2-4-7(5-3-6)10-11-9/h6-8,12H,2-5H2,1H3. The summed E-state index contributed by atoms with van der Waals surface area (Å²) in [4.78, 5) is 2.78. The monoisotopic (exact) mass is 185 g/mol. The molecule has 0 amide bonds. The summed E-state index contributed by atoms with van der Waals surface area (Å²) < 4.78 is 4.84. The van der Waals surface area contributed by atoms with Gasteiger partial charge in [0.1, 0.15) is 0 Å². The summed E-state index contributed by atoms with van der Waals surface area (Å²) in [6, 6.07) is 0.116. The predicted octanol–water partition coefficient (Wildman–Crippen LogP) is 1.82. The lowest BCUT2D eigenvalue weighted by atomic mass is 9.86. The summed E-state index contributed by atoms with van der Waals surface area (Å²) >= 11 is 0. The van der Waals surface area contributed by atoms with Gasteiger partial charge in [0.2, 0.25) is 0 Å². The molecule has 1 rings (SSSR count). The minimum absolute atomic E-state index is 0.116. The average Bonchev–Trinajstić information content (AvgIpc) is 2.18. The molecule has 0 saturated heterocycles. The number of rotatable bonds is 3. The normalized spacial score (nSPS) is 30.6. The zero-order valence-corrected chi connectivity index (χ0v) is 7.76. The Balaban J connectivity index is 2.34. The van der Waals surface area contributed by atoms with E-state index in [1.165, 1.54) is 7.11 Å². The fourth-order valence-corrected chi connectivity index (χ4v) is 1.77. The Morgan fingerprint density at radius 1 is 1.46 bits per heavy atom. The largest absolute Gasteiger partial charge is 0.368 e. The molecule has 1 aliphatic rings. The highest BCUT2D eigenvalue weighted by Crippen LogP contribution is 2.28. The van der Waals surface area contributed by atoms with Gasteiger partial charge in [-0.1, -0.05) is 5.11 Å². The van der Waals surface area contributed by atoms with Crippen molar-refractivity contribution in [2.24, 2.45) is 11.0 Å². The molecule has 5 heteroatoms. The fraction of sp³-hybridized carbons (Fsp3) is 1.00. The molecule has 0 aliphatic heterocycles. The van der Waals surface area contributed by atoms with Crippen LogP contribution in [0, 0.1) is 5.92 Å². The second-order valence-corrected chi connectivity index (χ2v) is 3.40. The maximum atomic E-state index is 9.37. The molecule has 0 heterocycles. The maximum absolute atomic E-state index is 9.37. The average molecular weight is 185 g/mol. The lowest BCUT2D eigenvalue weighted by molar-refractivity contribution is -0.120. The van der Waals surface area contributed by atoms with Gasteiger partial charge in [-0.2, -0.15) is 0 Å². The number of azide groups is 1. The molecule has 0 aromatic rings. The van der Waals surface area contributed by atoms with Gasteiger partial charge in [0.05, 0.1) is 0 Å². The minimum atomic E-state index is -0.660. The van der Waals surface area contributed by atoms with Crippen molar-refractivity contribution in [3.8, 4) is 0 Å². The molecule has 0 aromatic carbocycles. The Hall–Kier alpha value is -0.770. The summed E-state index contributed by atoms with van der Waals surface area (Å²) in [5.74, 6) is 0.204. The molecule has 0 bridgehead atoms.